The van der Waals surface area contributed by atoms with Gasteiger partial charge in [-0.2, -0.15) is 0 Å². The number of carbonyl (C=O) groups is 1. The van der Waals surface area contributed by atoms with Gasteiger partial charge in [0.25, 0.3) is 5.91 Å². The number of nitrogens with zero attached hydrogens (tertiary/aromatic N) is 1. The van der Waals surface area contributed by atoms with Crippen LogP contribution in [-0.4, -0.2) is 15.6 Å². The first-order chi connectivity index (χ1) is 7.58. The van der Waals surface area contributed by atoms with Gasteiger partial charge in [-0.3, -0.25) is 14.9 Å². The van der Waals surface area contributed by atoms with Crippen LogP contribution in [0.1, 0.15) is 21.9 Å². The lowest BCUT2D eigenvalue weighted by atomic mass is 10.4. The highest BCUT2D eigenvalue weighted by Crippen LogP contribution is 2.11. The molecule has 4 nitrogen and oxygen atoms in total. The molecular weight excluding hydrogens is 270 g/mol. The summed E-state index contributed by atoms with van der Waals surface area (Å²) in [6.45, 7) is 3.88. The Kier molecular flexibility index (Phi) is 2.87. The lowest BCUT2D eigenvalue weighted by Gasteiger charge is -2.09. The Labute approximate surface area is 102 Å². The van der Waals surface area contributed by atoms with Crippen LogP contribution in [-0.2, 0) is 0 Å². The van der Waals surface area contributed by atoms with Crippen LogP contribution in [0.15, 0.2) is 28.9 Å². The first-order valence-corrected chi connectivity index (χ1v) is 5.67. The number of carbonyl (C=O) groups excluding carboxylic acids is 1. The Hall–Kier alpha value is -1.49. The van der Waals surface area contributed by atoms with Gasteiger partial charge in [0.15, 0.2) is 0 Å². The van der Waals surface area contributed by atoms with Gasteiger partial charge in [-0.25, -0.2) is 0 Å². The molecule has 2 heterocycles. The van der Waals surface area contributed by atoms with Crippen molar-refractivity contribution in [3.05, 3.63) is 46.0 Å². The predicted octanol–water partition coefficient (Wildman–Crippen LogP) is 2.58. The smallest absolute Gasteiger partial charge is 0.286 e. The van der Waals surface area contributed by atoms with E-state index in [4.69, 9.17) is 0 Å². The Morgan fingerprint density at radius 1 is 1.38 bits per heavy atom. The maximum absolute atomic E-state index is 11.8. The molecule has 0 aliphatic rings. The largest absolute Gasteiger partial charge is 0.356 e. The van der Waals surface area contributed by atoms with Crippen molar-refractivity contribution in [2.24, 2.45) is 0 Å². The quantitative estimate of drug-likeness (QED) is 0.874. The third kappa shape index (κ3) is 2.04. The van der Waals surface area contributed by atoms with Crippen molar-refractivity contribution in [1.29, 1.82) is 0 Å². The summed E-state index contributed by atoms with van der Waals surface area (Å²) in [5, 5.41) is 0. The highest BCUT2D eigenvalue weighted by atomic mass is 79.9. The van der Waals surface area contributed by atoms with Gasteiger partial charge in [0.2, 0.25) is 0 Å². The van der Waals surface area contributed by atoms with Crippen LogP contribution in [0.4, 0.5) is 0 Å². The summed E-state index contributed by atoms with van der Waals surface area (Å²) in [6.07, 6.45) is 1.73. The Bertz CT molecular complexity index is 508. The number of hydrogen-bond donors (Lipinski definition) is 2. The van der Waals surface area contributed by atoms with Gasteiger partial charge in [-0.15, -0.1) is 0 Å². The number of halogens is 1. The van der Waals surface area contributed by atoms with Crippen molar-refractivity contribution in [3.8, 4) is 0 Å². The molecule has 2 aromatic rings. The van der Waals surface area contributed by atoms with Gasteiger partial charge < -0.3 is 4.98 Å². The van der Waals surface area contributed by atoms with Crippen LogP contribution >= 0.6 is 15.9 Å². The monoisotopic (exact) mass is 281 g/mol. The lowest BCUT2D eigenvalue weighted by molar-refractivity contribution is 0.100. The van der Waals surface area contributed by atoms with Crippen LogP contribution in [0.2, 0.25) is 0 Å². The van der Waals surface area contributed by atoms with E-state index in [1.54, 1.807) is 16.9 Å². The summed E-state index contributed by atoms with van der Waals surface area (Å²) in [5.41, 5.74) is 5.33. The maximum Gasteiger partial charge on any atom is 0.286 e. The summed E-state index contributed by atoms with van der Waals surface area (Å²) >= 11 is 3.29. The number of aromatic nitrogens is 2. The maximum atomic E-state index is 11.8. The molecule has 1 amide bonds. The van der Waals surface area contributed by atoms with E-state index in [1.807, 2.05) is 26.0 Å². The normalized spacial score (nSPS) is 10.4. The van der Waals surface area contributed by atoms with Gasteiger partial charge in [0.1, 0.15) is 5.69 Å². The van der Waals surface area contributed by atoms with Crippen molar-refractivity contribution >= 4 is 21.8 Å². The Balaban J connectivity index is 2.20. The number of rotatable bonds is 2. The molecule has 0 saturated heterocycles. The van der Waals surface area contributed by atoms with Crippen LogP contribution < -0.4 is 5.43 Å². The molecular formula is C11H12BrN3O. The molecule has 0 fully saturated rings. The molecule has 2 rings (SSSR count). The number of H-pyrrole nitrogens is 1. The fraction of sp³-hybridized carbons (Fsp3) is 0.182. The zero-order valence-corrected chi connectivity index (χ0v) is 10.6. The van der Waals surface area contributed by atoms with E-state index in [9.17, 15) is 4.79 Å². The van der Waals surface area contributed by atoms with Gasteiger partial charge in [0, 0.05) is 22.1 Å². The standard InChI is InChI=1S/C11H12BrN3O/c1-7-3-4-8(2)15(7)14-11(16)10-5-9(12)6-13-10/h3-6,13H,1-2H3,(H,14,16). The zero-order chi connectivity index (χ0) is 11.7. The topological polar surface area (TPSA) is 49.8 Å². The molecule has 0 aliphatic carbocycles. The second-order valence-corrected chi connectivity index (χ2v) is 4.54. The van der Waals surface area contributed by atoms with Crippen molar-refractivity contribution < 1.29 is 4.79 Å². The predicted molar refractivity (Wildman–Crippen MR) is 66.1 cm³/mol. The average molecular weight is 282 g/mol. The number of aryl methyl sites for hydroxylation is 2. The van der Waals surface area contributed by atoms with Crippen LogP contribution in [0.3, 0.4) is 0 Å². The molecule has 0 radical (unpaired) electrons. The second-order valence-electron chi connectivity index (χ2n) is 3.62. The van der Waals surface area contributed by atoms with E-state index in [2.05, 4.69) is 26.3 Å². The van der Waals surface area contributed by atoms with Gasteiger partial charge in [-0.05, 0) is 48.0 Å². The Morgan fingerprint density at radius 3 is 2.50 bits per heavy atom. The molecule has 0 spiro atoms. The van der Waals surface area contributed by atoms with E-state index < -0.39 is 0 Å². The number of hydrogen-bond acceptors (Lipinski definition) is 1. The molecule has 2 aromatic heterocycles. The highest BCUT2D eigenvalue weighted by Gasteiger charge is 2.09. The number of aromatic amines is 1. The van der Waals surface area contributed by atoms with Crippen LogP contribution in [0.25, 0.3) is 0 Å². The SMILES string of the molecule is Cc1ccc(C)n1NC(=O)c1cc(Br)c[nH]1. The minimum atomic E-state index is -0.159. The van der Waals surface area contributed by atoms with Gasteiger partial charge >= 0.3 is 0 Å². The van der Waals surface area contributed by atoms with Crippen molar-refractivity contribution in [2.75, 3.05) is 5.43 Å². The fourth-order valence-electron chi connectivity index (χ4n) is 1.51. The average Bonchev–Trinajstić information content (AvgIpc) is 2.79. The third-order valence-electron chi connectivity index (χ3n) is 2.38. The molecule has 0 saturated carbocycles. The van der Waals surface area contributed by atoms with E-state index in [0.717, 1.165) is 15.9 Å². The number of nitrogens with one attached hydrogen (secondary N) is 2. The molecule has 0 aromatic carbocycles. The molecule has 16 heavy (non-hydrogen) atoms. The van der Waals surface area contributed by atoms with Crippen LogP contribution in [0, 0.1) is 13.8 Å². The second kappa shape index (κ2) is 4.17. The molecule has 0 unspecified atom stereocenters. The fourth-order valence-corrected chi connectivity index (χ4v) is 1.85. The summed E-state index contributed by atoms with van der Waals surface area (Å²) in [4.78, 5) is 14.7. The van der Waals surface area contributed by atoms with E-state index >= 15 is 0 Å². The first-order valence-electron chi connectivity index (χ1n) is 4.88. The minimum Gasteiger partial charge on any atom is -0.356 e. The van der Waals surface area contributed by atoms with Crippen molar-refractivity contribution in [2.45, 2.75) is 13.8 Å². The Morgan fingerprint density at radius 2 is 2.00 bits per heavy atom. The molecule has 0 atom stereocenters. The summed E-state index contributed by atoms with van der Waals surface area (Å²) < 4.78 is 2.62. The summed E-state index contributed by atoms with van der Waals surface area (Å²) in [7, 11) is 0. The van der Waals surface area contributed by atoms with Crippen molar-refractivity contribution in [1.82, 2.24) is 9.66 Å². The van der Waals surface area contributed by atoms with E-state index in [0.29, 0.717) is 5.69 Å². The van der Waals surface area contributed by atoms with Crippen LogP contribution in [0.5, 0.6) is 0 Å². The highest BCUT2D eigenvalue weighted by molar-refractivity contribution is 9.10. The van der Waals surface area contributed by atoms with Gasteiger partial charge in [0.05, 0.1) is 0 Å². The minimum absolute atomic E-state index is 0.159. The zero-order valence-electron chi connectivity index (χ0n) is 9.04. The molecule has 2 N–H and O–H groups in total. The van der Waals surface area contributed by atoms with Crippen molar-refractivity contribution in [3.63, 3.8) is 0 Å². The molecule has 5 heteroatoms. The summed E-state index contributed by atoms with van der Waals surface area (Å²) in [6, 6.07) is 5.66. The molecule has 0 aliphatic heterocycles. The summed E-state index contributed by atoms with van der Waals surface area (Å²) in [5.74, 6) is -0.159. The number of amides is 1. The van der Waals surface area contributed by atoms with Gasteiger partial charge in [-0.1, -0.05) is 0 Å². The van der Waals surface area contributed by atoms with E-state index in [1.165, 1.54) is 0 Å². The van der Waals surface area contributed by atoms with E-state index in [-0.39, 0.29) is 5.91 Å². The lowest BCUT2D eigenvalue weighted by Crippen LogP contribution is -2.24. The first kappa shape index (κ1) is 11.0. The third-order valence-corrected chi connectivity index (χ3v) is 2.83. The molecule has 84 valence electrons. The molecule has 0 bridgehead atoms.